The molecular formula is C14H11Br2NO4. The number of hydrogen-bond acceptors (Lipinski definition) is 4. The van der Waals surface area contributed by atoms with Gasteiger partial charge in [-0.25, -0.2) is 0 Å². The third kappa shape index (κ3) is 3.61. The molecule has 0 unspecified atom stereocenters. The van der Waals surface area contributed by atoms with Crippen LogP contribution in [0.25, 0.3) is 0 Å². The van der Waals surface area contributed by atoms with Gasteiger partial charge < -0.3 is 9.84 Å². The summed E-state index contributed by atoms with van der Waals surface area (Å²) in [4.78, 5) is 10.5. The molecule has 1 atom stereocenters. The summed E-state index contributed by atoms with van der Waals surface area (Å²) in [6.07, 6.45) is -0.619. The molecule has 0 aliphatic rings. The third-order valence-electron chi connectivity index (χ3n) is 2.78. The second-order valence-corrected chi connectivity index (χ2v) is 6.02. The number of ether oxygens (including phenoxy) is 1. The minimum Gasteiger partial charge on any atom is -0.449 e. The number of halogens is 2. The Bertz CT molecular complexity index is 689. The molecule has 2 aromatic carbocycles. The van der Waals surface area contributed by atoms with Crippen LogP contribution in [0.4, 0.5) is 5.69 Å². The van der Waals surface area contributed by atoms with Gasteiger partial charge in [-0.15, -0.1) is 0 Å². The third-order valence-corrected chi connectivity index (χ3v) is 4.10. The van der Waals surface area contributed by atoms with Gasteiger partial charge in [-0.2, -0.15) is 0 Å². The van der Waals surface area contributed by atoms with Crippen LogP contribution >= 0.6 is 31.9 Å². The lowest BCUT2D eigenvalue weighted by Crippen LogP contribution is -1.96. The van der Waals surface area contributed by atoms with E-state index in [1.165, 1.54) is 6.07 Å². The Balaban J connectivity index is 2.39. The highest BCUT2D eigenvalue weighted by atomic mass is 79.9. The fraction of sp³-hybridized carbons (Fsp3) is 0.143. The lowest BCUT2D eigenvalue weighted by Gasteiger charge is -2.11. The van der Waals surface area contributed by atoms with Crippen molar-refractivity contribution in [2.75, 3.05) is 0 Å². The molecule has 0 saturated heterocycles. The van der Waals surface area contributed by atoms with E-state index in [-0.39, 0.29) is 11.4 Å². The van der Waals surface area contributed by atoms with Gasteiger partial charge in [0.05, 0.1) is 15.5 Å². The molecule has 0 saturated carbocycles. The van der Waals surface area contributed by atoms with Crippen LogP contribution in [-0.2, 0) is 0 Å². The SMILES string of the molecule is C[C@H](O)c1ccc(Oc2c(Br)cccc2[N+](=O)[O-])cc1Br. The molecule has 1 N–H and O–H groups in total. The van der Waals surface area contributed by atoms with Crippen molar-refractivity contribution in [2.45, 2.75) is 13.0 Å². The first-order valence-corrected chi connectivity index (χ1v) is 7.57. The topological polar surface area (TPSA) is 72.6 Å². The maximum absolute atomic E-state index is 11.0. The van der Waals surface area contributed by atoms with Crippen LogP contribution < -0.4 is 4.74 Å². The molecule has 0 spiro atoms. The van der Waals surface area contributed by atoms with Gasteiger partial charge in [-0.1, -0.05) is 28.1 Å². The zero-order valence-electron chi connectivity index (χ0n) is 10.9. The van der Waals surface area contributed by atoms with Gasteiger partial charge >= 0.3 is 5.69 Å². The van der Waals surface area contributed by atoms with Crippen molar-refractivity contribution in [1.82, 2.24) is 0 Å². The van der Waals surface area contributed by atoms with Crippen LogP contribution in [0.3, 0.4) is 0 Å². The Hall–Kier alpha value is -1.44. The summed E-state index contributed by atoms with van der Waals surface area (Å²) in [5.41, 5.74) is 0.587. The van der Waals surface area contributed by atoms with Crippen molar-refractivity contribution in [1.29, 1.82) is 0 Å². The Morgan fingerprint density at radius 2 is 1.95 bits per heavy atom. The highest BCUT2D eigenvalue weighted by Gasteiger charge is 2.19. The summed E-state index contributed by atoms with van der Waals surface area (Å²) in [7, 11) is 0. The van der Waals surface area contributed by atoms with Crippen LogP contribution in [-0.4, -0.2) is 10.0 Å². The minimum atomic E-state index is -0.619. The smallest absolute Gasteiger partial charge is 0.312 e. The molecule has 0 bridgehead atoms. The average Bonchev–Trinajstić information content (AvgIpc) is 2.40. The molecule has 0 aromatic heterocycles. The minimum absolute atomic E-state index is 0.125. The maximum Gasteiger partial charge on any atom is 0.312 e. The van der Waals surface area contributed by atoms with Crippen molar-refractivity contribution in [2.24, 2.45) is 0 Å². The van der Waals surface area contributed by atoms with E-state index >= 15 is 0 Å². The quantitative estimate of drug-likeness (QED) is 0.564. The molecule has 0 radical (unpaired) electrons. The number of nitrogens with zero attached hydrogens (tertiary/aromatic N) is 1. The Kier molecular flexibility index (Phi) is 4.97. The van der Waals surface area contributed by atoms with Gasteiger partial charge in [0.2, 0.25) is 5.75 Å². The zero-order valence-corrected chi connectivity index (χ0v) is 14.1. The van der Waals surface area contributed by atoms with Crippen molar-refractivity contribution < 1.29 is 14.8 Å². The predicted octanol–water partition coefficient (Wildman–Crippen LogP) is 4.97. The largest absolute Gasteiger partial charge is 0.449 e. The second kappa shape index (κ2) is 6.55. The number of aliphatic hydroxyl groups excluding tert-OH is 1. The van der Waals surface area contributed by atoms with E-state index < -0.39 is 11.0 Å². The summed E-state index contributed by atoms with van der Waals surface area (Å²) in [5.74, 6) is 0.570. The summed E-state index contributed by atoms with van der Waals surface area (Å²) in [6, 6.07) is 9.62. The molecule has 110 valence electrons. The second-order valence-electron chi connectivity index (χ2n) is 4.31. The summed E-state index contributed by atoms with van der Waals surface area (Å²) in [5, 5.41) is 20.6. The van der Waals surface area contributed by atoms with Crippen LogP contribution in [0.5, 0.6) is 11.5 Å². The zero-order chi connectivity index (χ0) is 15.6. The first kappa shape index (κ1) is 15.9. The number of para-hydroxylation sites is 1. The molecule has 0 heterocycles. The van der Waals surface area contributed by atoms with E-state index in [0.717, 1.165) is 0 Å². The molecule has 0 aliphatic carbocycles. The van der Waals surface area contributed by atoms with Gasteiger partial charge in [-0.05, 0) is 46.6 Å². The van der Waals surface area contributed by atoms with E-state index in [2.05, 4.69) is 31.9 Å². The summed E-state index contributed by atoms with van der Waals surface area (Å²) >= 11 is 6.59. The number of hydrogen-bond donors (Lipinski definition) is 1. The van der Waals surface area contributed by atoms with Crippen LogP contribution in [0.15, 0.2) is 45.3 Å². The van der Waals surface area contributed by atoms with Gasteiger partial charge in [0.1, 0.15) is 5.75 Å². The highest BCUT2D eigenvalue weighted by molar-refractivity contribution is 9.10. The van der Waals surface area contributed by atoms with E-state index in [1.807, 2.05) is 0 Å². The fourth-order valence-corrected chi connectivity index (χ4v) is 2.90. The summed E-state index contributed by atoms with van der Waals surface area (Å²) < 4.78 is 6.78. The Morgan fingerprint density at radius 3 is 2.52 bits per heavy atom. The molecule has 21 heavy (non-hydrogen) atoms. The predicted molar refractivity (Wildman–Crippen MR) is 85.6 cm³/mol. The average molecular weight is 417 g/mol. The van der Waals surface area contributed by atoms with E-state index in [9.17, 15) is 15.2 Å². The molecule has 2 rings (SSSR count). The molecular weight excluding hydrogens is 406 g/mol. The standard InChI is InChI=1S/C14H11Br2NO4/c1-8(18)10-6-5-9(7-12(10)16)21-14-11(15)3-2-4-13(14)17(19)20/h2-8,18H,1H3/t8-/m0/s1. The van der Waals surface area contributed by atoms with Crippen molar-refractivity contribution >= 4 is 37.5 Å². The number of benzene rings is 2. The molecule has 2 aromatic rings. The Labute approximate surface area is 138 Å². The fourth-order valence-electron chi connectivity index (χ4n) is 1.77. The number of nitro groups is 1. The van der Waals surface area contributed by atoms with Crippen LogP contribution in [0, 0.1) is 10.1 Å². The van der Waals surface area contributed by atoms with Gasteiger partial charge in [0.25, 0.3) is 0 Å². The van der Waals surface area contributed by atoms with E-state index in [0.29, 0.717) is 20.3 Å². The van der Waals surface area contributed by atoms with Crippen LogP contribution in [0.1, 0.15) is 18.6 Å². The molecule has 0 amide bonds. The lowest BCUT2D eigenvalue weighted by molar-refractivity contribution is -0.385. The van der Waals surface area contributed by atoms with Crippen molar-refractivity contribution in [3.8, 4) is 11.5 Å². The van der Waals surface area contributed by atoms with Gasteiger partial charge in [0, 0.05) is 10.5 Å². The first-order chi connectivity index (χ1) is 9.90. The first-order valence-electron chi connectivity index (χ1n) is 5.98. The van der Waals surface area contributed by atoms with E-state index in [1.54, 1.807) is 37.3 Å². The number of rotatable bonds is 4. The lowest BCUT2D eigenvalue weighted by atomic mass is 10.1. The van der Waals surface area contributed by atoms with Gasteiger partial charge in [0.15, 0.2) is 0 Å². The molecule has 0 fully saturated rings. The van der Waals surface area contributed by atoms with Crippen molar-refractivity contribution in [3.63, 3.8) is 0 Å². The van der Waals surface area contributed by atoms with Gasteiger partial charge in [-0.3, -0.25) is 10.1 Å². The van der Waals surface area contributed by atoms with E-state index in [4.69, 9.17) is 4.74 Å². The normalized spacial score (nSPS) is 12.0. The molecule has 5 nitrogen and oxygen atoms in total. The van der Waals surface area contributed by atoms with Crippen molar-refractivity contribution in [3.05, 3.63) is 61.0 Å². The number of nitro benzene ring substituents is 1. The Morgan fingerprint density at radius 1 is 1.24 bits per heavy atom. The maximum atomic E-state index is 11.0. The summed E-state index contributed by atoms with van der Waals surface area (Å²) in [6.45, 7) is 1.65. The molecule has 0 aliphatic heterocycles. The monoisotopic (exact) mass is 415 g/mol. The highest BCUT2D eigenvalue weighted by Crippen LogP contribution is 2.39. The molecule has 7 heteroatoms. The van der Waals surface area contributed by atoms with Crippen LogP contribution in [0.2, 0.25) is 0 Å². The number of aliphatic hydroxyl groups is 1.